The highest BCUT2D eigenvalue weighted by Gasteiger charge is 2.32. The fourth-order valence-corrected chi connectivity index (χ4v) is 5.02. The van der Waals surface area contributed by atoms with Crippen molar-refractivity contribution < 1.29 is 22.9 Å². The number of sulfonamides is 1. The van der Waals surface area contributed by atoms with Gasteiger partial charge in [0, 0.05) is 38.3 Å². The Morgan fingerprint density at radius 1 is 0.879 bits per heavy atom. The molecule has 0 spiro atoms. The number of nitrogens with zero attached hydrogens (tertiary/aromatic N) is 3. The second-order valence-corrected chi connectivity index (χ2v) is 9.30. The van der Waals surface area contributed by atoms with Crippen molar-refractivity contribution in [2.24, 2.45) is 0 Å². The molecule has 0 atom stereocenters. The van der Waals surface area contributed by atoms with Crippen LogP contribution >= 0.6 is 0 Å². The van der Waals surface area contributed by atoms with E-state index in [0.29, 0.717) is 17.1 Å². The van der Waals surface area contributed by atoms with Gasteiger partial charge in [-0.3, -0.25) is 14.9 Å². The third kappa shape index (κ3) is 4.86. The molecule has 4 rings (SSSR count). The van der Waals surface area contributed by atoms with Crippen molar-refractivity contribution in [3.63, 3.8) is 0 Å². The molecule has 0 aromatic heterocycles. The molecule has 1 amide bonds. The summed E-state index contributed by atoms with van der Waals surface area (Å²) in [5.41, 5.74) is 0.0938. The standard InChI is InChI=1S/C23H21N3O6S/c27-23(21-11-4-5-12-22(21)32-19-8-2-1-3-9-19)24-13-15-25(16-14-24)33(30,31)20-10-6-7-18(17-20)26(28)29/h1-12,17H,13-16H2. The van der Waals surface area contributed by atoms with Gasteiger partial charge in [0.15, 0.2) is 0 Å². The molecule has 10 heteroatoms. The summed E-state index contributed by atoms with van der Waals surface area (Å²) in [6.07, 6.45) is 0. The Morgan fingerprint density at radius 2 is 1.55 bits per heavy atom. The van der Waals surface area contributed by atoms with Gasteiger partial charge in [0.2, 0.25) is 10.0 Å². The highest BCUT2D eigenvalue weighted by molar-refractivity contribution is 7.89. The third-order valence-electron chi connectivity index (χ3n) is 5.28. The molecule has 3 aromatic rings. The highest BCUT2D eigenvalue weighted by atomic mass is 32.2. The van der Waals surface area contributed by atoms with Gasteiger partial charge >= 0.3 is 0 Å². The Morgan fingerprint density at radius 3 is 2.24 bits per heavy atom. The van der Waals surface area contributed by atoms with Crippen LogP contribution in [0.15, 0.2) is 83.8 Å². The van der Waals surface area contributed by atoms with Gasteiger partial charge in [0.25, 0.3) is 11.6 Å². The van der Waals surface area contributed by atoms with E-state index in [4.69, 9.17) is 4.74 Å². The normalized spacial score (nSPS) is 14.6. The van der Waals surface area contributed by atoms with Crippen LogP contribution in [0.25, 0.3) is 0 Å². The molecule has 0 saturated carbocycles. The van der Waals surface area contributed by atoms with Crippen LogP contribution in [-0.2, 0) is 10.0 Å². The van der Waals surface area contributed by atoms with E-state index in [0.717, 1.165) is 6.07 Å². The molecule has 33 heavy (non-hydrogen) atoms. The summed E-state index contributed by atoms with van der Waals surface area (Å²) in [6.45, 7) is 0.538. The van der Waals surface area contributed by atoms with Gasteiger partial charge in [-0.1, -0.05) is 36.4 Å². The van der Waals surface area contributed by atoms with E-state index in [9.17, 15) is 23.3 Å². The summed E-state index contributed by atoms with van der Waals surface area (Å²) in [5.74, 6) is 0.764. The minimum absolute atomic E-state index is 0.0818. The van der Waals surface area contributed by atoms with Gasteiger partial charge in [-0.25, -0.2) is 8.42 Å². The minimum Gasteiger partial charge on any atom is -0.457 e. The molecular weight excluding hydrogens is 446 g/mol. The molecule has 3 aromatic carbocycles. The highest BCUT2D eigenvalue weighted by Crippen LogP contribution is 2.27. The van der Waals surface area contributed by atoms with E-state index in [-0.39, 0.29) is 42.7 Å². The Hall–Kier alpha value is -3.76. The summed E-state index contributed by atoms with van der Waals surface area (Å²) in [7, 11) is -3.91. The van der Waals surface area contributed by atoms with E-state index in [1.165, 1.54) is 22.5 Å². The zero-order valence-electron chi connectivity index (χ0n) is 17.5. The Labute approximate surface area is 191 Å². The first-order valence-electron chi connectivity index (χ1n) is 10.2. The molecule has 1 saturated heterocycles. The Balaban J connectivity index is 1.47. The lowest BCUT2D eigenvalue weighted by Crippen LogP contribution is -2.50. The van der Waals surface area contributed by atoms with Crippen LogP contribution in [0, 0.1) is 10.1 Å². The number of para-hydroxylation sites is 2. The lowest BCUT2D eigenvalue weighted by Gasteiger charge is -2.34. The van der Waals surface area contributed by atoms with E-state index in [1.807, 2.05) is 18.2 Å². The van der Waals surface area contributed by atoms with Crippen molar-refractivity contribution in [1.29, 1.82) is 0 Å². The van der Waals surface area contributed by atoms with Gasteiger partial charge in [-0.2, -0.15) is 4.31 Å². The zero-order valence-corrected chi connectivity index (χ0v) is 18.3. The number of carbonyl (C=O) groups excluding carboxylic acids is 1. The summed E-state index contributed by atoms with van der Waals surface area (Å²) < 4.78 is 33.0. The first-order valence-corrected chi connectivity index (χ1v) is 11.7. The number of hydrogen-bond acceptors (Lipinski definition) is 6. The number of nitro groups is 1. The number of nitro benzene ring substituents is 1. The number of non-ortho nitro benzene ring substituents is 1. The number of ether oxygens (including phenoxy) is 1. The van der Waals surface area contributed by atoms with Gasteiger partial charge in [-0.15, -0.1) is 0 Å². The van der Waals surface area contributed by atoms with Crippen molar-refractivity contribution in [3.8, 4) is 11.5 Å². The molecule has 1 fully saturated rings. The van der Waals surface area contributed by atoms with Crippen LogP contribution in [0.5, 0.6) is 11.5 Å². The minimum atomic E-state index is -3.91. The Kier molecular flexibility index (Phi) is 6.38. The second kappa shape index (κ2) is 9.39. The maximum Gasteiger partial charge on any atom is 0.270 e. The molecule has 1 heterocycles. The summed E-state index contributed by atoms with van der Waals surface area (Å²) in [5, 5.41) is 11.0. The number of rotatable bonds is 6. The van der Waals surface area contributed by atoms with Crippen LogP contribution in [0.4, 0.5) is 5.69 Å². The largest absolute Gasteiger partial charge is 0.457 e. The summed E-state index contributed by atoms with van der Waals surface area (Å²) in [6, 6.07) is 21.0. The molecule has 0 aliphatic carbocycles. The van der Waals surface area contributed by atoms with Gasteiger partial charge in [-0.05, 0) is 30.3 Å². The number of piperazine rings is 1. The predicted octanol–water partition coefficient (Wildman–Crippen LogP) is 3.53. The SMILES string of the molecule is O=C(c1ccccc1Oc1ccccc1)N1CCN(S(=O)(=O)c2cccc([N+](=O)[O-])c2)CC1. The van der Waals surface area contributed by atoms with E-state index >= 15 is 0 Å². The Bertz CT molecular complexity index is 1270. The first-order chi connectivity index (χ1) is 15.9. The van der Waals surface area contributed by atoms with Crippen LogP contribution in [0.1, 0.15) is 10.4 Å². The molecule has 0 bridgehead atoms. The third-order valence-corrected chi connectivity index (χ3v) is 7.18. The predicted molar refractivity (Wildman–Crippen MR) is 121 cm³/mol. The number of benzene rings is 3. The van der Waals surface area contributed by atoms with Crippen molar-refractivity contribution in [2.45, 2.75) is 4.90 Å². The molecule has 1 aliphatic heterocycles. The fourth-order valence-electron chi connectivity index (χ4n) is 3.56. The van der Waals surface area contributed by atoms with E-state index < -0.39 is 14.9 Å². The average molecular weight is 468 g/mol. The monoisotopic (exact) mass is 467 g/mol. The number of hydrogen-bond donors (Lipinski definition) is 0. The fraction of sp³-hybridized carbons (Fsp3) is 0.174. The lowest BCUT2D eigenvalue weighted by atomic mass is 10.1. The molecule has 0 N–H and O–H groups in total. The lowest BCUT2D eigenvalue weighted by molar-refractivity contribution is -0.385. The van der Waals surface area contributed by atoms with E-state index in [1.54, 1.807) is 41.3 Å². The average Bonchev–Trinajstić information content (AvgIpc) is 2.85. The molecular formula is C23H21N3O6S. The topological polar surface area (TPSA) is 110 Å². The van der Waals surface area contributed by atoms with Crippen molar-refractivity contribution in [2.75, 3.05) is 26.2 Å². The van der Waals surface area contributed by atoms with Gasteiger partial charge in [0.05, 0.1) is 15.4 Å². The van der Waals surface area contributed by atoms with Crippen LogP contribution in [0.3, 0.4) is 0 Å². The van der Waals surface area contributed by atoms with Crippen molar-refractivity contribution in [1.82, 2.24) is 9.21 Å². The molecule has 0 radical (unpaired) electrons. The maximum atomic E-state index is 13.2. The quantitative estimate of drug-likeness (QED) is 0.405. The van der Waals surface area contributed by atoms with Gasteiger partial charge in [0.1, 0.15) is 11.5 Å². The second-order valence-electron chi connectivity index (χ2n) is 7.36. The zero-order chi connectivity index (χ0) is 23.4. The molecule has 1 aliphatic rings. The number of carbonyl (C=O) groups is 1. The van der Waals surface area contributed by atoms with Crippen molar-refractivity contribution in [3.05, 3.63) is 94.5 Å². The van der Waals surface area contributed by atoms with Crippen LogP contribution in [-0.4, -0.2) is 54.6 Å². The summed E-state index contributed by atoms with van der Waals surface area (Å²) in [4.78, 5) is 25.0. The molecule has 170 valence electrons. The molecule has 9 nitrogen and oxygen atoms in total. The number of amides is 1. The molecule has 0 unspecified atom stereocenters. The maximum absolute atomic E-state index is 13.2. The van der Waals surface area contributed by atoms with E-state index in [2.05, 4.69) is 0 Å². The van der Waals surface area contributed by atoms with Crippen LogP contribution in [0.2, 0.25) is 0 Å². The smallest absolute Gasteiger partial charge is 0.270 e. The first kappa shape index (κ1) is 22.4. The summed E-state index contributed by atoms with van der Waals surface area (Å²) >= 11 is 0. The van der Waals surface area contributed by atoms with Crippen molar-refractivity contribution >= 4 is 21.6 Å². The van der Waals surface area contributed by atoms with Gasteiger partial charge < -0.3 is 9.64 Å². The van der Waals surface area contributed by atoms with Crippen LogP contribution < -0.4 is 4.74 Å².